The molecule has 112 valence electrons. The predicted molar refractivity (Wildman–Crippen MR) is 82.3 cm³/mol. The zero-order valence-corrected chi connectivity index (χ0v) is 12.6. The first-order chi connectivity index (χ1) is 10.2. The molecule has 5 nitrogen and oxygen atoms in total. The fourth-order valence-corrected chi connectivity index (χ4v) is 2.38. The van der Waals surface area contributed by atoms with Gasteiger partial charge in [-0.15, -0.1) is 0 Å². The second-order valence-corrected chi connectivity index (χ2v) is 4.61. The third-order valence-corrected chi connectivity index (χ3v) is 3.50. The molecule has 0 bridgehead atoms. The van der Waals surface area contributed by atoms with Crippen molar-refractivity contribution in [2.24, 2.45) is 5.84 Å². The van der Waals surface area contributed by atoms with Crippen LogP contribution in [0, 0.1) is 0 Å². The number of ether oxygens (including phenoxy) is 2. The zero-order valence-electron chi connectivity index (χ0n) is 12.6. The van der Waals surface area contributed by atoms with Gasteiger partial charge in [0.1, 0.15) is 11.5 Å². The van der Waals surface area contributed by atoms with E-state index in [2.05, 4.69) is 23.4 Å². The summed E-state index contributed by atoms with van der Waals surface area (Å²) >= 11 is 0. The fraction of sp³-hybridized carbons (Fsp3) is 0.312. The van der Waals surface area contributed by atoms with Gasteiger partial charge < -0.3 is 9.47 Å². The lowest BCUT2D eigenvalue weighted by Crippen LogP contribution is -2.30. The smallest absolute Gasteiger partial charge is 0.127 e. The molecule has 1 heterocycles. The van der Waals surface area contributed by atoms with Gasteiger partial charge in [0, 0.05) is 17.8 Å². The van der Waals surface area contributed by atoms with Crippen LogP contribution in [-0.4, -0.2) is 19.2 Å². The van der Waals surface area contributed by atoms with Crippen molar-refractivity contribution in [2.75, 3.05) is 14.2 Å². The molecule has 0 aliphatic heterocycles. The van der Waals surface area contributed by atoms with Gasteiger partial charge >= 0.3 is 0 Å². The molecule has 0 fully saturated rings. The van der Waals surface area contributed by atoms with E-state index in [1.165, 1.54) is 0 Å². The minimum atomic E-state index is -0.234. The number of pyridine rings is 1. The Hall–Kier alpha value is -2.11. The Balaban J connectivity index is 2.51. The van der Waals surface area contributed by atoms with E-state index in [0.717, 1.165) is 29.0 Å². The normalized spacial score (nSPS) is 12.0. The van der Waals surface area contributed by atoms with Gasteiger partial charge in [-0.3, -0.25) is 10.8 Å². The molecule has 5 heteroatoms. The van der Waals surface area contributed by atoms with Gasteiger partial charge in [-0.25, -0.2) is 5.43 Å². The maximum absolute atomic E-state index is 5.78. The quantitative estimate of drug-likeness (QED) is 0.630. The molecule has 0 aliphatic carbocycles. The standard InChI is InChI=1S/C16H21N3O2/c1-4-11-6-5-9-18-15(11)16(19-17)13-8-7-12(20-2)10-14(13)21-3/h5-10,16,19H,4,17H2,1-3H3. The molecule has 2 rings (SSSR count). The number of benzene rings is 1. The predicted octanol–water partition coefficient (Wildman–Crippen LogP) is 2.21. The molecule has 2 aromatic rings. The van der Waals surface area contributed by atoms with Gasteiger partial charge in [-0.05, 0) is 30.2 Å². The van der Waals surface area contributed by atoms with E-state index in [4.69, 9.17) is 15.3 Å². The summed E-state index contributed by atoms with van der Waals surface area (Å²) in [6.45, 7) is 2.10. The molecule has 3 N–H and O–H groups in total. The second kappa shape index (κ2) is 7.06. The van der Waals surface area contributed by atoms with Gasteiger partial charge in [0.25, 0.3) is 0 Å². The molecular weight excluding hydrogens is 266 g/mol. The number of hydrogen-bond donors (Lipinski definition) is 2. The van der Waals surface area contributed by atoms with Crippen LogP contribution >= 0.6 is 0 Å². The molecular formula is C16H21N3O2. The molecule has 0 aliphatic rings. The van der Waals surface area contributed by atoms with Crippen LogP contribution in [0.2, 0.25) is 0 Å². The SMILES string of the molecule is CCc1cccnc1C(NN)c1ccc(OC)cc1OC. The molecule has 0 saturated carbocycles. The van der Waals surface area contributed by atoms with Gasteiger partial charge in [0.2, 0.25) is 0 Å². The van der Waals surface area contributed by atoms with Crippen LogP contribution in [0.1, 0.15) is 29.8 Å². The summed E-state index contributed by atoms with van der Waals surface area (Å²) < 4.78 is 10.7. The summed E-state index contributed by atoms with van der Waals surface area (Å²) in [5.74, 6) is 7.23. The topological polar surface area (TPSA) is 69.4 Å². The average Bonchev–Trinajstić information content (AvgIpc) is 2.56. The summed E-state index contributed by atoms with van der Waals surface area (Å²) in [6, 6.07) is 9.42. The van der Waals surface area contributed by atoms with Crippen LogP contribution in [0.15, 0.2) is 36.5 Å². The van der Waals surface area contributed by atoms with E-state index < -0.39 is 0 Å². The number of nitrogens with one attached hydrogen (secondary N) is 1. The number of aryl methyl sites for hydroxylation is 1. The van der Waals surface area contributed by atoms with Crippen LogP contribution in [0.4, 0.5) is 0 Å². The maximum atomic E-state index is 5.78. The van der Waals surface area contributed by atoms with Crippen LogP contribution in [0.25, 0.3) is 0 Å². The van der Waals surface area contributed by atoms with Gasteiger partial charge in [0.05, 0.1) is 26.0 Å². The van der Waals surface area contributed by atoms with Crippen LogP contribution in [0.3, 0.4) is 0 Å². The molecule has 1 atom stereocenters. The highest BCUT2D eigenvalue weighted by Crippen LogP contribution is 2.33. The van der Waals surface area contributed by atoms with E-state index in [1.807, 2.05) is 24.3 Å². The number of hydrazine groups is 1. The Bertz CT molecular complexity index is 602. The van der Waals surface area contributed by atoms with Crippen molar-refractivity contribution in [3.8, 4) is 11.5 Å². The summed E-state index contributed by atoms with van der Waals surface area (Å²) in [6.07, 6.45) is 2.66. The maximum Gasteiger partial charge on any atom is 0.127 e. The fourth-order valence-electron chi connectivity index (χ4n) is 2.38. The van der Waals surface area contributed by atoms with Crippen molar-refractivity contribution < 1.29 is 9.47 Å². The van der Waals surface area contributed by atoms with Crippen molar-refractivity contribution in [1.29, 1.82) is 0 Å². The van der Waals surface area contributed by atoms with E-state index >= 15 is 0 Å². The van der Waals surface area contributed by atoms with Gasteiger partial charge in [-0.2, -0.15) is 0 Å². The Morgan fingerprint density at radius 3 is 2.67 bits per heavy atom. The summed E-state index contributed by atoms with van der Waals surface area (Å²) in [5.41, 5.74) is 5.82. The Labute approximate surface area is 125 Å². The Kier molecular flexibility index (Phi) is 5.14. The highest BCUT2D eigenvalue weighted by Gasteiger charge is 2.21. The van der Waals surface area contributed by atoms with Crippen LogP contribution < -0.4 is 20.7 Å². The first-order valence-corrected chi connectivity index (χ1v) is 6.87. The van der Waals surface area contributed by atoms with Gasteiger partial charge in [-0.1, -0.05) is 13.0 Å². The Morgan fingerprint density at radius 1 is 1.24 bits per heavy atom. The third kappa shape index (κ3) is 3.15. The van der Waals surface area contributed by atoms with Crippen molar-refractivity contribution in [2.45, 2.75) is 19.4 Å². The van der Waals surface area contributed by atoms with Gasteiger partial charge in [0.15, 0.2) is 0 Å². The molecule has 0 saturated heterocycles. The van der Waals surface area contributed by atoms with Crippen molar-refractivity contribution in [1.82, 2.24) is 10.4 Å². The number of hydrogen-bond acceptors (Lipinski definition) is 5. The third-order valence-electron chi connectivity index (χ3n) is 3.50. The summed E-state index contributed by atoms with van der Waals surface area (Å²) in [4.78, 5) is 4.49. The number of nitrogens with two attached hydrogens (primary N) is 1. The summed E-state index contributed by atoms with van der Waals surface area (Å²) in [7, 11) is 3.26. The minimum Gasteiger partial charge on any atom is -0.497 e. The van der Waals surface area contributed by atoms with E-state index in [1.54, 1.807) is 20.4 Å². The highest BCUT2D eigenvalue weighted by atomic mass is 16.5. The largest absolute Gasteiger partial charge is 0.497 e. The van der Waals surface area contributed by atoms with E-state index in [-0.39, 0.29) is 6.04 Å². The first-order valence-electron chi connectivity index (χ1n) is 6.87. The molecule has 0 radical (unpaired) electrons. The lowest BCUT2D eigenvalue weighted by molar-refractivity contribution is 0.387. The molecule has 1 aromatic carbocycles. The van der Waals surface area contributed by atoms with E-state index in [9.17, 15) is 0 Å². The number of rotatable bonds is 6. The highest BCUT2D eigenvalue weighted by molar-refractivity contribution is 5.46. The lowest BCUT2D eigenvalue weighted by Gasteiger charge is -2.21. The Morgan fingerprint density at radius 2 is 2.05 bits per heavy atom. The minimum absolute atomic E-state index is 0.234. The molecule has 1 aromatic heterocycles. The number of aromatic nitrogens is 1. The molecule has 21 heavy (non-hydrogen) atoms. The van der Waals surface area contributed by atoms with Crippen LogP contribution in [0.5, 0.6) is 11.5 Å². The number of nitrogens with zero attached hydrogens (tertiary/aromatic N) is 1. The summed E-state index contributed by atoms with van der Waals surface area (Å²) in [5, 5.41) is 0. The molecule has 0 spiro atoms. The lowest BCUT2D eigenvalue weighted by atomic mass is 9.97. The van der Waals surface area contributed by atoms with Crippen molar-refractivity contribution >= 4 is 0 Å². The molecule has 1 unspecified atom stereocenters. The van der Waals surface area contributed by atoms with Crippen LogP contribution in [-0.2, 0) is 6.42 Å². The van der Waals surface area contributed by atoms with Crippen molar-refractivity contribution in [3.05, 3.63) is 53.3 Å². The zero-order chi connectivity index (χ0) is 15.2. The van der Waals surface area contributed by atoms with Crippen molar-refractivity contribution in [3.63, 3.8) is 0 Å². The first kappa shape index (κ1) is 15.3. The van der Waals surface area contributed by atoms with E-state index in [0.29, 0.717) is 5.75 Å². The average molecular weight is 287 g/mol. The monoisotopic (exact) mass is 287 g/mol. The number of methoxy groups -OCH3 is 2. The second-order valence-electron chi connectivity index (χ2n) is 4.61. The molecule has 0 amide bonds.